The first-order chi connectivity index (χ1) is 10.3. The van der Waals surface area contributed by atoms with E-state index in [0.29, 0.717) is 31.7 Å². The number of piperidine rings is 1. The van der Waals surface area contributed by atoms with E-state index in [4.69, 9.17) is 0 Å². The maximum Gasteiger partial charge on any atom is 0.246 e. The van der Waals surface area contributed by atoms with Crippen molar-refractivity contribution in [3.63, 3.8) is 0 Å². The van der Waals surface area contributed by atoms with Gasteiger partial charge >= 0.3 is 0 Å². The summed E-state index contributed by atoms with van der Waals surface area (Å²) < 4.78 is 66.0. The second-order valence-corrected chi connectivity index (χ2v) is 7.89. The van der Waals surface area contributed by atoms with Crippen molar-refractivity contribution >= 4 is 10.0 Å². The lowest BCUT2D eigenvalue weighted by Crippen LogP contribution is -2.44. The first kappa shape index (κ1) is 15.8. The van der Waals surface area contributed by atoms with Crippen molar-refractivity contribution in [3.8, 4) is 0 Å². The molecule has 4 nitrogen and oxygen atoms in total. The summed E-state index contributed by atoms with van der Waals surface area (Å²) in [7, 11) is -4.26. The van der Waals surface area contributed by atoms with Gasteiger partial charge in [0.15, 0.2) is 17.5 Å². The summed E-state index contributed by atoms with van der Waals surface area (Å²) in [5, 5.41) is 10.1. The number of benzene rings is 1. The van der Waals surface area contributed by atoms with E-state index in [9.17, 15) is 26.7 Å². The fraction of sp³-hybridized carbons (Fsp3) is 0.571. The summed E-state index contributed by atoms with van der Waals surface area (Å²) >= 11 is 0. The summed E-state index contributed by atoms with van der Waals surface area (Å²) in [5.74, 6) is -5.13. The van der Waals surface area contributed by atoms with E-state index in [1.54, 1.807) is 0 Å². The Hall–Kier alpha value is -1.12. The summed E-state index contributed by atoms with van der Waals surface area (Å²) in [4.78, 5) is -0.866. The lowest BCUT2D eigenvalue weighted by atomic mass is 9.92. The van der Waals surface area contributed by atoms with E-state index in [1.807, 2.05) is 0 Å². The van der Waals surface area contributed by atoms with E-state index in [1.165, 1.54) is 0 Å². The predicted molar refractivity (Wildman–Crippen MR) is 72.0 cm³/mol. The van der Waals surface area contributed by atoms with Crippen molar-refractivity contribution < 1.29 is 26.7 Å². The molecule has 1 aromatic rings. The number of rotatable bonds is 3. The van der Waals surface area contributed by atoms with Crippen molar-refractivity contribution in [2.24, 2.45) is 5.92 Å². The van der Waals surface area contributed by atoms with Crippen molar-refractivity contribution in [2.75, 3.05) is 13.1 Å². The molecule has 8 heteroatoms. The van der Waals surface area contributed by atoms with Gasteiger partial charge in [-0.15, -0.1) is 0 Å². The SMILES string of the molecule is O=S(=O)(c1ccc(F)c(F)c1F)N1CCCC(C2(O)CC2)C1. The largest absolute Gasteiger partial charge is 0.390 e. The van der Waals surface area contributed by atoms with Crippen LogP contribution in [0.15, 0.2) is 17.0 Å². The molecule has 1 unspecified atom stereocenters. The van der Waals surface area contributed by atoms with Crippen molar-refractivity contribution in [1.82, 2.24) is 4.31 Å². The van der Waals surface area contributed by atoms with Crippen LogP contribution in [0.4, 0.5) is 13.2 Å². The van der Waals surface area contributed by atoms with Crippen molar-refractivity contribution in [2.45, 2.75) is 36.2 Å². The third-order valence-electron chi connectivity index (χ3n) is 4.52. The highest BCUT2D eigenvalue weighted by molar-refractivity contribution is 7.89. The molecule has 2 fully saturated rings. The van der Waals surface area contributed by atoms with Crippen LogP contribution in [-0.4, -0.2) is 36.5 Å². The second kappa shape index (κ2) is 5.21. The minimum absolute atomic E-state index is 0.0667. The predicted octanol–water partition coefficient (Wildman–Crippen LogP) is 2.03. The molecule has 0 spiro atoms. The Balaban J connectivity index is 1.91. The molecule has 0 bridgehead atoms. The van der Waals surface area contributed by atoms with Gasteiger partial charge in [0.05, 0.1) is 5.60 Å². The third kappa shape index (κ3) is 2.53. The molecule has 1 N–H and O–H groups in total. The van der Waals surface area contributed by atoms with Crippen LogP contribution in [0.1, 0.15) is 25.7 Å². The van der Waals surface area contributed by atoms with Crippen LogP contribution in [0, 0.1) is 23.4 Å². The molecule has 1 atom stereocenters. The lowest BCUT2D eigenvalue weighted by Gasteiger charge is -2.34. The highest BCUT2D eigenvalue weighted by atomic mass is 32.2. The average Bonchev–Trinajstić information content (AvgIpc) is 3.24. The summed E-state index contributed by atoms with van der Waals surface area (Å²) in [5.41, 5.74) is -0.833. The Morgan fingerprint density at radius 1 is 1.18 bits per heavy atom. The molecule has 1 aliphatic heterocycles. The molecular weight excluding hydrogens is 319 g/mol. The zero-order valence-corrected chi connectivity index (χ0v) is 12.5. The van der Waals surface area contributed by atoms with Gasteiger partial charge < -0.3 is 5.11 Å². The summed E-state index contributed by atoms with van der Waals surface area (Å²) in [6.07, 6.45) is 2.50. The monoisotopic (exact) mass is 335 g/mol. The number of hydrogen-bond acceptors (Lipinski definition) is 3. The van der Waals surface area contributed by atoms with Crippen LogP contribution in [0.25, 0.3) is 0 Å². The Bertz CT molecular complexity index is 704. The fourth-order valence-corrected chi connectivity index (χ4v) is 4.56. The molecule has 1 saturated carbocycles. The average molecular weight is 335 g/mol. The van der Waals surface area contributed by atoms with Gasteiger partial charge in [0.2, 0.25) is 10.0 Å². The summed E-state index contributed by atoms with van der Waals surface area (Å²) in [6, 6.07) is 1.33. The molecule has 1 aliphatic carbocycles. The number of sulfonamides is 1. The Labute approximate surface area is 126 Å². The minimum Gasteiger partial charge on any atom is -0.390 e. The highest BCUT2D eigenvalue weighted by Gasteiger charge is 2.50. The van der Waals surface area contributed by atoms with Crippen LogP contribution >= 0.6 is 0 Å². The van der Waals surface area contributed by atoms with Gasteiger partial charge in [-0.2, -0.15) is 4.31 Å². The van der Waals surface area contributed by atoms with E-state index in [0.717, 1.165) is 10.4 Å². The van der Waals surface area contributed by atoms with Gasteiger partial charge in [0.25, 0.3) is 0 Å². The molecule has 0 amide bonds. The van der Waals surface area contributed by atoms with Gasteiger partial charge in [-0.1, -0.05) is 0 Å². The smallest absolute Gasteiger partial charge is 0.246 e. The molecule has 3 rings (SSSR count). The minimum atomic E-state index is -4.26. The van der Waals surface area contributed by atoms with Crippen LogP contribution < -0.4 is 0 Å². The molecule has 1 saturated heterocycles. The van der Waals surface area contributed by atoms with E-state index in [2.05, 4.69) is 0 Å². The molecule has 0 radical (unpaired) electrons. The van der Waals surface area contributed by atoms with E-state index in [-0.39, 0.29) is 19.0 Å². The Morgan fingerprint density at radius 3 is 2.50 bits per heavy atom. The molecule has 1 aromatic carbocycles. The van der Waals surface area contributed by atoms with Crippen LogP contribution in [0.3, 0.4) is 0 Å². The molecule has 0 aromatic heterocycles. The van der Waals surface area contributed by atoms with Gasteiger partial charge in [0, 0.05) is 19.0 Å². The fourth-order valence-electron chi connectivity index (χ4n) is 2.98. The third-order valence-corrected chi connectivity index (χ3v) is 6.41. The quantitative estimate of drug-likeness (QED) is 0.860. The number of aliphatic hydroxyl groups is 1. The first-order valence-corrected chi connectivity index (χ1v) is 8.56. The Morgan fingerprint density at radius 2 is 1.86 bits per heavy atom. The van der Waals surface area contributed by atoms with Crippen LogP contribution in [0.2, 0.25) is 0 Å². The molecule has 122 valence electrons. The van der Waals surface area contributed by atoms with Gasteiger partial charge in [0.1, 0.15) is 4.90 Å². The van der Waals surface area contributed by atoms with Crippen LogP contribution in [0.5, 0.6) is 0 Å². The molecule has 1 heterocycles. The van der Waals surface area contributed by atoms with E-state index >= 15 is 0 Å². The Kier molecular flexibility index (Phi) is 3.73. The highest BCUT2D eigenvalue weighted by Crippen LogP contribution is 2.46. The zero-order chi connectivity index (χ0) is 16.1. The van der Waals surface area contributed by atoms with Crippen molar-refractivity contribution in [3.05, 3.63) is 29.6 Å². The van der Waals surface area contributed by atoms with Crippen molar-refractivity contribution in [1.29, 1.82) is 0 Å². The molecule has 22 heavy (non-hydrogen) atoms. The van der Waals surface area contributed by atoms with E-state index < -0.39 is 38.0 Å². The normalized spacial score (nSPS) is 25.2. The van der Waals surface area contributed by atoms with Gasteiger partial charge in [-0.25, -0.2) is 21.6 Å². The number of halogens is 3. The van der Waals surface area contributed by atoms with Gasteiger partial charge in [-0.05, 0) is 37.8 Å². The second-order valence-electron chi connectivity index (χ2n) is 5.98. The first-order valence-electron chi connectivity index (χ1n) is 7.12. The number of hydrogen-bond donors (Lipinski definition) is 1. The maximum atomic E-state index is 13.8. The van der Waals surface area contributed by atoms with Gasteiger partial charge in [-0.3, -0.25) is 0 Å². The standard InChI is InChI=1S/C14H16F3NO3S/c15-10-3-4-11(13(17)12(10)16)22(20,21)18-7-1-2-9(8-18)14(19)5-6-14/h3-4,9,19H,1-2,5-8H2. The lowest BCUT2D eigenvalue weighted by molar-refractivity contribution is 0.0514. The number of nitrogens with zero attached hydrogens (tertiary/aromatic N) is 1. The molecule has 2 aliphatic rings. The topological polar surface area (TPSA) is 57.6 Å². The summed E-state index contributed by atoms with van der Waals surface area (Å²) in [6.45, 7) is 0.241. The van der Waals surface area contributed by atoms with Crippen LogP contribution in [-0.2, 0) is 10.0 Å². The molecular formula is C14H16F3NO3S. The maximum absolute atomic E-state index is 13.8. The zero-order valence-electron chi connectivity index (χ0n) is 11.7.